The van der Waals surface area contributed by atoms with Crippen molar-refractivity contribution in [2.24, 2.45) is 5.92 Å². The number of aliphatic carboxylic acids is 1. The van der Waals surface area contributed by atoms with Gasteiger partial charge in [0.05, 0.1) is 25.7 Å². The number of carbonyl (C=O) groups is 1. The molecule has 5 nitrogen and oxygen atoms in total. The first kappa shape index (κ1) is 15.1. The highest BCUT2D eigenvalue weighted by Gasteiger charge is 2.14. The van der Waals surface area contributed by atoms with Crippen molar-refractivity contribution in [3.05, 3.63) is 12.7 Å². The SMILES string of the molecule is C=CCN(CCOCCO)CC(C)C(=O)O. The van der Waals surface area contributed by atoms with Gasteiger partial charge in [-0.15, -0.1) is 6.58 Å². The molecule has 1 atom stereocenters. The number of hydrogen-bond acceptors (Lipinski definition) is 4. The molecule has 0 bridgehead atoms. The summed E-state index contributed by atoms with van der Waals surface area (Å²) in [5.41, 5.74) is 0. The lowest BCUT2D eigenvalue weighted by atomic mass is 10.1. The quantitative estimate of drug-likeness (QED) is 0.415. The van der Waals surface area contributed by atoms with Gasteiger partial charge >= 0.3 is 5.97 Å². The van der Waals surface area contributed by atoms with Crippen molar-refractivity contribution in [3.63, 3.8) is 0 Å². The monoisotopic (exact) mass is 231 g/mol. The third kappa shape index (κ3) is 7.39. The number of nitrogens with zero attached hydrogens (tertiary/aromatic N) is 1. The number of aliphatic hydroxyl groups is 1. The minimum absolute atomic E-state index is 0.00693. The highest BCUT2D eigenvalue weighted by Crippen LogP contribution is 2.00. The zero-order chi connectivity index (χ0) is 12.4. The van der Waals surface area contributed by atoms with Gasteiger partial charge in [0.25, 0.3) is 0 Å². The van der Waals surface area contributed by atoms with E-state index in [1.807, 2.05) is 4.90 Å². The van der Waals surface area contributed by atoms with Crippen LogP contribution in [0.15, 0.2) is 12.7 Å². The summed E-state index contributed by atoms with van der Waals surface area (Å²) in [6, 6.07) is 0. The van der Waals surface area contributed by atoms with Gasteiger partial charge < -0.3 is 14.9 Å². The summed E-state index contributed by atoms with van der Waals surface area (Å²) >= 11 is 0. The summed E-state index contributed by atoms with van der Waals surface area (Å²) < 4.78 is 5.13. The molecule has 0 heterocycles. The highest BCUT2D eigenvalue weighted by atomic mass is 16.5. The largest absolute Gasteiger partial charge is 0.481 e. The van der Waals surface area contributed by atoms with Gasteiger partial charge in [0, 0.05) is 19.6 Å². The Morgan fingerprint density at radius 1 is 1.56 bits per heavy atom. The van der Waals surface area contributed by atoms with Crippen LogP contribution in [0.4, 0.5) is 0 Å². The van der Waals surface area contributed by atoms with Crippen molar-refractivity contribution in [2.45, 2.75) is 6.92 Å². The number of carboxylic acids is 1. The average molecular weight is 231 g/mol. The Morgan fingerprint density at radius 2 is 2.25 bits per heavy atom. The summed E-state index contributed by atoms with van der Waals surface area (Å²) in [7, 11) is 0. The molecule has 0 aromatic heterocycles. The fourth-order valence-electron chi connectivity index (χ4n) is 1.27. The van der Waals surface area contributed by atoms with E-state index in [1.165, 1.54) is 0 Å². The molecule has 0 aliphatic carbocycles. The van der Waals surface area contributed by atoms with Gasteiger partial charge in [-0.25, -0.2) is 0 Å². The highest BCUT2D eigenvalue weighted by molar-refractivity contribution is 5.69. The van der Waals surface area contributed by atoms with E-state index in [9.17, 15) is 4.79 Å². The number of rotatable bonds is 10. The van der Waals surface area contributed by atoms with Crippen LogP contribution in [0.25, 0.3) is 0 Å². The molecule has 0 radical (unpaired) electrons. The molecule has 0 amide bonds. The number of carboxylic acid groups (broad SMARTS) is 1. The van der Waals surface area contributed by atoms with E-state index in [0.29, 0.717) is 32.8 Å². The normalized spacial score (nSPS) is 12.7. The molecular formula is C11H21NO4. The minimum Gasteiger partial charge on any atom is -0.481 e. The summed E-state index contributed by atoms with van der Waals surface area (Å²) in [6.07, 6.45) is 1.74. The molecule has 16 heavy (non-hydrogen) atoms. The second-order valence-corrected chi connectivity index (χ2v) is 3.62. The lowest BCUT2D eigenvalue weighted by Crippen LogP contribution is -2.34. The average Bonchev–Trinajstić information content (AvgIpc) is 2.24. The fraction of sp³-hybridized carbons (Fsp3) is 0.727. The van der Waals surface area contributed by atoms with Crippen LogP contribution in [0.5, 0.6) is 0 Å². The van der Waals surface area contributed by atoms with Crippen LogP contribution >= 0.6 is 0 Å². The molecule has 5 heteroatoms. The van der Waals surface area contributed by atoms with Crippen LogP contribution in [0.1, 0.15) is 6.92 Å². The van der Waals surface area contributed by atoms with E-state index in [-0.39, 0.29) is 6.61 Å². The Balaban J connectivity index is 3.86. The van der Waals surface area contributed by atoms with Gasteiger partial charge in [-0.2, -0.15) is 0 Å². The topological polar surface area (TPSA) is 70.0 Å². The first-order chi connectivity index (χ1) is 7.61. The molecule has 0 aromatic rings. The van der Waals surface area contributed by atoms with E-state index < -0.39 is 11.9 Å². The molecule has 1 unspecified atom stereocenters. The lowest BCUT2D eigenvalue weighted by molar-refractivity contribution is -0.141. The minimum atomic E-state index is -0.801. The van der Waals surface area contributed by atoms with Crippen LogP contribution in [0.2, 0.25) is 0 Å². The second kappa shape index (κ2) is 9.33. The standard InChI is InChI=1S/C11H21NO4/c1-3-4-12(5-7-16-8-6-13)9-10(2)11(14)15/h3,10,13H,1,4-9H2,2H3,(H,14,15). The number of hydrogen-bond donors (Lipinski definition) is 2. The second-order valence-electron chi connectivity index (χ2n) is 3.62. The predicted molar refractivity (Wildman–Crippen MR) is 61.3 cm³/mol. The Kier molecular flexibility index (Phi) is 8.80. The fourth-order valence-corrected chi connectivity index (χ4v) is 1.27. The zero-order valence-electron chi connectivity index (χ0n) is 9.76. The Hall–Kier alpha value is -0.910. The molecule has 0 spiro atoms. The maximum atomic E-state index is 10.7. The van der Waals surface area contributed by atoms with Crippen LogP contribution in [0, 0.1) is 5.92 Å². The number of aliphatic hydroxyl groups excluding tert-OH is 1. The molecule has 0 saturated heterocycles. The third-order valence-electron chi connectivity index (χ3n) is 2.13. The molecule has 0 aromatic carbocycles. The van der Waals surface area contributed by atoms with Crippen molar-refractivity contribution in [1.29, 1.82) is 0 Å². The molecule has 0 aliphatic rings. The van der Waals surface area contributed by atoms with Gasteiger partial charge in [-0.05, 0) is 0 Å². The van der Waals surface area contributed by atoms with Gasteiger partial charge in [0.15, 0.2) is 0 Å². The summed E-state index contributed by atoms with van der Waals surface area (Å²) in [6.45, 7) is 7.87. The summed E-state index contributed by atoms with van der Waals surface area (Å²) in [5, 5.41) is 17.3. The molecule has 0 rings (SSSR count). The van der Waals surface area contributed by atoms with Gasteiger partial charge in [0.2, 0.25) is 0 Å². The van der Waals surface area contributed by atoms with Crippen molar-refractivity contribution in [2.75, 3.05) is 39.5 Å². The molecule has 0 aliphatic heterocycles. The molecule has 94 valence electrons. The molecule has 2 N–H and O–H groups in total. The van der Waals surface area contributed by atoms with Gasteiger partial charge in [0.1, 0.15) is 0 Å². The zero-order valence-corrected chi connectivity index (χ0v) is 9.76. The van der Waals surface area contributed by atoms with Crippen LogP contribution in [-0.4, -0.2) is 60.5 Å². The van der Waals surface area contributed by atoms with Crippen molar-refractivity contribution >= 4 is 5.97 Å². The smallest absolute Gasteiger partial charge is 0.307 e. The Labute approximate surface area is 96.3 Å². The maximum absolute atomic E-state index is 10.7. The molecule has 0 saturated carbocycles. The Morgan fingerprint density at radius 3 is 2.75 bits per heavy atom. The maximum Gasteiger partial charge on any atom is 0.307 e. The van der Waals surface area contributed by atoms with E-state index in [0.717, 1.165) is 0 Å². The van der Waals surface area contributed by atoms with Crippen molar-refractivity contribution < 1.29 is 19.7 Å². The first-order valence-electron chi connectivity index (χ1n) is 5.36. The van der Waals surface area contributed by atoms with Crippen LogP contribution in [0.3, 0.4) is 0 Å². The van der Waals surface area contributed by atoms with E-state index >= 15 is 0 Å². The Bertz CT molecular complexity index is 208. The van der Waals surface area contributed by atoms with Crippen molar-refractivity contribution in [1.82, 2.24) is 4.90 Å². The lowest BCUT2D eigenvalue weighted by Gasteiger charge is -2.22. The summed E-state index contributed by atoms with van der Waals surface area (Å²) in [4.78, 5) is 12.7. The van der Waals surface area contributed by atoms with E-state index in [4.69, 9.17) is 14.9 Å². The molecule has 0 fully saturated rings. The van der Waals surface area contributed by atoms with E-state index in [2.05, 4.69) is 6.58 Å². The summed E-state index contributed by atoms with van der Waals surface area (Å²) in [5.74, 6) is -1.21. The van der Waals surface area contributed by atoms with Gasteiger partial charge in [-0.1, -0.05) is 13.0 Å². The van der Waals surface area contributed by atoms with Crippen molar-refractivity contribution in [3.8, 4) is 0 Å². The van der Waals surface area contributed by atoms with Crippen LogP contribution in [-0.2, 0) is 9.53 Å². The first-order valence-corrected chi connectivity index (χ1v) is 5.36. The third-order valence-corrected chi connectivity index (χ3v) is 2.13. The number of ether oxygens (including phenoxy) is 1. The van der Waals surface area contributed by atoms with E-state index in [1.54, 1.807) is 13.0 Å². The van der Waals surface area contributed by atoms with Gasteiger partial charge in [-0.3, -0.25) is 9.69 Å². The molecular weight excluding hydrogens is 210 g/mol. The van der Waals surface area contributed by atoms with Crippen LogP contribution < -0.4 is 0 Å². The predicted octanol–water partition coefficient (Wildman–Crippen LogP) is 0.204.